The molecule has 0 heterocycles. The predicted molar refractivity (Wildman–Crippen MR) is 69.4 cm³/mol. The van der Waals surface area contributed by atoms with Gasteiger partial charge in [0.1, 0.15) is 0 Å². The van der Waals surface area contributed by atoms with Crippen molar-refractivity contribution >= 4 is 24.4 Å². The normalized spacial score (nSPS) is 10.1. The third kappa shape index (κ3) is 3.89. The van der Waals surface area contributed by atoms with Crippen LogP contribution in [0.3, 0.4) is 0 Å². The summed E-state index contributed by atoms with van der Waals surface area (Å²) in [5.74, 6) is 0.110. The molecule has 0 aliphatic rings. The van der Waals surface area contributed by atoms with Crippen molar-refractivity contribution in [3.8, 4) is 0 Å². The summed E-state index contributed by atoms with van der Waals surface area (Å²) in [6.45, 7) is 1.97. The number of carbonyl (C=O) groups excluding carboxylic acids is 2. The molecule has 1 aromatic rings. The number of carbonyl (C=O) groups is 2. The van der Waals surface area contributed by atoms with E-state index in [9.17, 15) is 9.59 Å². The molecule has 0 saturated carbocycles. The zero-order chi connectivity index (χ0) is 12.8. The van der Waals surface area contributed by atoms with Gasteiger partial charge in [0.25, 0.3) is 0 Å². The molecular formula is C13H16O3S. The Morgan fingerprint density at radius 3 is 2.59 bits per heavy atom. The first kappa shape index (κ1) is 13.8. The Morgan fingerprint density at radius 2 is 2.00 bits per heavy atom. The standard InChI is InChI=1S/C13H16O3S/c1-9-3-4-11(10(7-9)8-17)12(14)5-6-13(15)16-2/h3-4,7,17H,5-6,8H2,1-2H3. The van der Waals surface area contributed by atoms with Gasteiger partial charge in [0.2, 0.25) is 0 Å². The van der Waals surface area contributed by atoms with Crippen molar-refractivity contribution in [2.75, 3.05) is 7.11 Å². The van der Waals surface area contributed by atoms with E-state index in [1.165, 1.54) is 7.11 Å². The van der Waals surface area contributed by atoms with Crippen LogP contribution in [0.1, 0.15) is 34.3 Å². The van der Waals surface area contributed by atoms with E-state index in [1.807, 2.05) is 19.1 Å². The maximum absolute atomic E-state index is 11.9. The monoisotopic (exact) mass is 252 g/mol. The Kier molecular flexibility index (Phi) is 5.22. The number of benzene rings is 1. The maximum Gasteiger partial charge on any atom is 0.305 e. The third-order valence-corrected chi connectivity index (χ3v) is 2.86. The first-order valence-electron chi connectivity index (χ1n) is 5.39. The Morgan fingerprint density at radius 1 is 1.29 bits per heavy atom. The van der Waals surface area contributed by atoms with Gasteiger partial charge < -0.3 is 4.74 Å². The number of methoxy groups -OCH3 is 1. The van der Waals surface area contributed by atoms with Crippen LogP contribution in [0.25, 0.3) is 0 Å². The van der Waals surface area contributed by atoms with Crippen LogP contribution < -0.4 is 0 Å². The smallest absolute Gasteiger partial charge is 0.305 e. The highest BCUT2D eigenvalue weighted by Crippen LogP contribution is 2.16. The first-order chi connectivity index (χ1) is 8.08. The topological polar surface area (TPSA) is 43.4 Å². The molecule has 0 amide bonds. The largest absolute Gasteiger partial charge is 0.469 e. The van der Waals surface area contributed by atoms with E-state index in [2.05, 4.69) is 17.4 Å². The van der Waals surface area contributed by atoms with Crippen molar-refractivity contribution < 1.29 is 14.3 Å². The average molecular weight is 252 g/mol. The van der Waals surface area contributed by atoms with E-state index in [-0.39, 0.29) is 24.6 Å². The van der Waals surface area contributed by atoms with Crippen molar-refractivity contribution in [3.63, 3.8) is 0 Å². The first-order valence-corrected chi connectivity index (χ1v) is 6.02. The Balaban J connectivity index is 2.78. The molecule has 3 nitrogen and oxygen atoms in total. The third-order valence-electron chi connectivity index (χ3n) is 2.52. The summed E-state index contributed by atoms with van der Waals surface area (Å²) in [5, 5.41) is 0. The van der Waals surface area contributed by atoms with Crippen molar-refractivity contribution in [2.24, 2.45) is 0 Å². The fourth-order valence-corrected chi connectivity index (χ4v) is 1.84. The zero-order valence-electron chi connectivity index (χ0n) is 10.0. The number of ketones is 1. The van der Waals surface area contributed by atoms with E-state index in [0.29, 0.717) is 11.3 Å². The van der Waals surface area contributed by atoms with Gasteiger partial charge in [-0.15, -0.1) is 0 Å². The van der Waals surface area contributed by atoms with Crippen LogP contribution in [0.4, 0.5) is 0 Å². The molecule has 0 aliphatic heterocycles. The highest BCUT2D eigenvalue weighted by atomic mass is 32.1. The van der Waals surface area contributed by atoms with Crippen molar-refractivity contribution in [1.82, 2.24) is 0 Å². The van der Waals surface area contributed by atoms with Gasteiger partial charge in [0.15, 0.2) is 5.78 Å². The van der Waals surface area contributed by atoms with Gasteiger partial charge >= 0.3 is 5.97 Å². The van der Waals surface area contributed by atoms with Crippen LogP contribution in [-0.2, 0) is 15.3 Å². The summed E-state index contributed by atoms with van der Waals surface area (Å²) >= 11 is 4.20. The van der Waals surface area contributed by atoms with Gasteiger partial charge in [0.05, 0.1) is 13.5 Å². The highest BCUT2D eigenvalue weighted by Gasteiger charge is 2.12. The number of ether oxygens (including phenoxy) is 1. The molecule has 0 radical (unpaired) electrons. The van der Waals surface area contributed by atoms with E-state index >= 15 is 0 Å². The minimum Gasteiger partial charge on any atom is -0.469 e. The number of rotatable bonds is 5. The summed E-state index contributed by atoms with van der Waals surface area (Å²) in [6.07, 6.45) is 0.297. The van der Waals surface area contributed by atoms with Crippen molar-refractivity contribution in [1.29, 1.82) is 0 Å². The highest BCUT2D eigenvalue weighted by molar-refractivity contribution is 7.79. The quantitative estimate of drug-likeness (QED) is 0.497. The van der Waals surface area contributed by atoms with E-state index in [0.717, 1.165) is 11.1 Å². The van der Waals surface area contributed by atoms with Gasteiger partial charge in [-0.2, -0.15) is 12.6 Å². The summed E-state index contributed by atoms with van der Waals surface area (Å²) < 4.78 is 4.51. The van der Waals surface area contributed by atoms with E-state index in [1.54, 1.807) is 6.07 Å². The molecule has 92 valence electrons. The summed E-state index contributed by atoms with van der Waals surface area (Å²) in [7, 11) is 1.32. The number of thiol groups is 1. The summed E-state index contributed by atoms with van der Waals surface area (Å²) in [4.78, 5) is 22.9. The Labute approximate surface area is 107 Å². The Bertz CT molecular complexity index is 427. The molecule has 1 rings (SSSR count). The SMILES string of the molecule is COC(=O)CCC(=O)c1ccc(C)cc1CS. The van der Waals surface area contributed by atoms with Crippen LogP contribution in [0, 0.1) is 6.92 Å². The molecule has 0 spiro atoms. The molecule has 0 N–H and O–H groups in total. The molecule has 0 saturated heterocycles. The molecular weight excluding hydrogens is 236 g/mol. The second-order valence-corrected chi connectivity index (χ2v) is 4.13. The number of aryl methyl sites for hydroxylation is 1. The molecule has 0 aromatic heterocycles. The average Bonchev–Trinajstić information content (AvgIpc) is 2.35. The molecule has 1 aromatic carbocycles. The van der Waals surface area contributed by atoms with Crippen molar-refractivity contribution in [3.05, 3.63) is 34.9 Å². The molecule has 4 heteroatoms. The van der Waals surface area contributed by atoms with Crippen LogP contribution in [-0.4, -0.2) is 18.9 Å². The minimum absolute atomic E-state index is 0.0422. The van der Waals surface area contributed by atoms with Gasteiger partial charge in [-0.1, -0.05) is 23.8 Å². The molecule has 17 heavy (non-hydrogen) atoms. The molecule has 0 fully saturated rings. The Hall–Kier alpha value is -1.29. The summed E-state index contributed by atoms with van der Waals surface area (Å²) in [6, 6.07) is 5.62. The summed E-state index contributed by atoms with van der Waals surface area (Å²) in [5.41, 5.74) is 2.65. The molecule has 0 bridgehead atoms. The maximum atomic E-state index is 11.9. The zero-order valence-corrected chi connectivity index (χ0v) is 10.9. The molecule has 0 unspecified atom stereocenters. The minimum atomic E-state index is -0.363. The fraction of sp³-hybridized carbons (Fsp3) is 0.385. The van der Waals surface area contributed by atoms with Gasteiger partial charge in [-0.05, 0) is 12.5 Å². The van der Waals surface area contributed by atoms with E-state index in [4.69, 9.17) is 0 Å². The van der Waals surface area contributed by atoms with Gasteiger partial charge in [0, 0.05) is 17.7 Å². The van der Waals surface area contributed by atoms with Crippen LogP contribution in [0.15, 0.2) is 18.2 Å². The fourth-order valence-electron chi connectivity index (χ4n) is 1.58. The van der Waals surface area contributed by atoms with Crippen LogP contribution in [0.5, 0.6) is 0 Å². The lowest BCUT2D eigenvalue weighted by Gasteiger charge is -2.07. The second-order valence-electron chi connectivity index (χ2n) is 3.82. The number of hydrogen-bond acceptors (Lipinski definition) is 4. The predicted octanol–water partition coefficient (Wildman–Crippen LogP) is 2.56. The lowest BCUT2D eigenvalue weighted by atomic mass is 9.99. The van der Waals surface area contributed by atoms with Gasteiger partial charge in [-0.3, -0.25) is 9.59 Å². The molecule has 0 aliphatic carbocycles. The van der Waals surface area contributed by atoms with Gasteiger partial charge in [-0.25, -0.2) is 0 Å². The lowest BCUT2D eigenvalue weighted by molar-refractivity contribution is -0.140. The van der Waals surface area contributed by atoms with E-state index < -0.39 is 0 Å². The number of hydrogen-bond donors (Lipinski definition) is 1. The molecule has 0 atom stereocenters. The number of esters is 1. The second kappa shape index (κ2) is 6.45. The van der Waals surface area contributed by atoms with Crippen LogP contribution in [0.2, 0.25) is 0 Å². The number of Topliss-reactive ketones (excluding diaryl/α,β-unsaturated/α-hetero) is 1. The van der Waals surface area contributed by atoms with Crippen LogP contribution >= 0.6 is 12.6 Å². The van der Waals surface area contributed by atoms with Crippen molar-refractivity contribution in [2.45, 2.75) is 25.5 Å². The lowest BCUT2D eigenvalue weighted by Crippen LogP contribution is -2.08.